The van der Waals surface area contributed by atoms with Crippen molar-refractivity contribution in [3.63, 3.8) is 0 Å². The maximum absolute atomic E-state index is 4.61. The predicted octanol–water partition coefficient (Wildman–Crippen LogP) is 4.68. The molecule has 0 aliphatic heterocycles. The minimum atomic E-state index is 0.740. The van der Waals surface area contributed by atoms with E-state index in [9.17, 15) is 0 Å². The number of fused-ring (bicyclic) bond motifs is 1. The van der Waals surface area contributed by atoms with Crippen LogP contribution >= 0.6 is 11.3 Å². The smallest absolute Gasteiger partial charge is 0.116 e. The van der Waals surface area contributed by atoms with Gasteiger partial charge in [-0.2, -0.15) is 5.10 Å². The molecule has 0 aliphatic carbocycles. The van der Waals surface area contributed by atoms with Crippen LogP contribution in [0.5, 0.6) is 0 Å². The number of aryl methyl sites for hydroxylation is 1. The number of aromatic amines is 2. The van der Waals surface area contributed by atoms with Crippen molar-refractivity contribution < 1.29 is 0 Å². The van der Waals surface area contributed by atoms with E-state index >= 15 is 0 Å². The molecule has 6 heteroatoms. The topological polar surface area (TPSA) is 70.2 Å². The summed E-state index contributed by atoms with van der Waals surface area (Å²) in [6.07, 6.45) is 9.06. The fraction of sp³-hybridized carbons (Fsp3) is 0.0800. The van der Waals surface area contributed by atoms with Crippen molar-refractivity contribution in [2.24, 2.45) is 0 Å². The van der Waals surface area contributed by atoms with Crippen LogP contribution in [0.2, 0.25) is 0 Å². The number of benzene rings is 1. The Balaban J connectivity index is 1.68. The fourth-order valence-corrected chi connectivity index (χ4v) is 4.63. The molecular formula is C25H21N5S. The van der Waals surface area contributed by atoms with Crippen LogP contribution in [-0.4, -0.2) is 25.1 Å². The van der Waals surface area contributed by atoms with E-state index in [2.05, 4.69) is 75.1 Å². The Hall–Kier alpha value is -3.77. The second kappa shape index (κ2) is 7.81. The summed E-state index contributed by atoms with van der Waals surface area (Å²) < 4.78 is 0. The monoisotopic (exact) mass is 423 g/mol. The Kier molecular flexibility index (Phi) is 4.84. The summed E-state index contributed by atoms with van der Waals surface area (Å²) in [6, 6.07) is 12.9. The summed E-state index contributed by atoms with van der Waals surface area (Å²) >= 11 is 1.81. The maximum Gasteiger partial charge on any atom is 0.116 e. The van der Waals surface area contributed by atoms with Gasteiger partial charge < -0.3 is 4.98 Å². The van der Waals surface area contributed by atoms with Crippen molar-refractivity contribution in [1.82, 2.24) is 25.1 Å². The molecular weight excluding hydrogens is 402 g/mol. The molecule has 5 rings (SSSR count). The normalized spacial score (nSPS) is 12.7. The molecule has 0 unspecified atom stereocenters. The molecule has 0 amide bonds. The van der Waals surface area contributed by atoms with Gasteiger partial charge in [0, 0.05) is 43.8 Å². The summed E-state index contributed by atoms with van der Waals surface area (Å²) in [5.74, 6) is 0. The first-order valence-corrected chi connectivity index (χ1v) is 10.8. The van der Waals surface area contributed by atoms with E-state index in [1.165, 1.54) is 20.7 Å². The van der Waals surface area contributed by atoms with E-state index in [4.69, 9.17) is 0 Å². The van der Waals surface area contributed by atoms with E-state index in [1.54, 1.807) is 29.9 Å². The number of allylic oxidation sites excluding steroid dienone is 1. The van der Waals surface area contributed by atoms with Gasteiger partial charge in [0.1, 0.15) is 5.69 Å². The summed E-state index contributed by atoms with van der Waals surface area (Å²) in [6.45, 7) is 8.31. The molecule has 4 aromatic heterocycles. The lowest BCUT2D eigenvalue weighted by atomic mass is 10.1. The molecule has 0 saturated carbocycles. The number of nitrogens with one attached hydrogen (secondary N) is 2. The lowest BCUT2D eigenvalue weighted by Gasteiger charge is -1.99. The van der Waals surface area contributed by atoms with Gasteiger partial charge >= 0.3 is 0 Å². The van der Waals surface area contributed by atoms with Crippen LogP contribution in [0.25, 0.3) is 50.5 Å². The van der Waals surface area contributed by atoms with E-state index in [0.717, 1.165) is 38.7 Å². The predicted molar refractivity (Wildman–Crippen MR) is 129 cm³/mol. The highest BCUT2D eigenvalue weighted by molar-refractivity contribution is 7.15. The van der Waals surface area contributed by atoms with E-state index < -0.39 is 0 Å². The third-order valence-electron chi connectivity index (χ3n) is 5.26. The minimum Gasteiger partial charge on any atom is -0.353 e. The number of rotatable bonds is 4. The van der Waals surface area contributed by atoms with E-state index in [1.807, 2.05) is 19.1 Å². The number of H-pyrrole nitrogens is 2. The standard InChI is InChI=1S/C25H21N5S/c1-4-20-19(12-15(2)23-14-26-10-11-27-23)25(30-29-20)22-13-18-17(6-5-7-21(18)28-22)24-9-8-16(3)31-24/h4-14,28-29H,2H2,1,3H3/b19-12+,20-4+. The molecule has 5 nitrogen and oxygen atoms in total. The van der Waals surface area contributed by atoms with Crippen LogP contribution in [0, 0.1) is 6.92 Å². The first-order chi connectivity index (χ1) is 15.1. The SMILES string of the molecule is C=C(/C=c1/c(-c2cc3c(-c4ccc(C)s4)cccc3[nH]2)n[nH]/c1=C/C)c1cnccn1. The Morgan fingerprint density at radius 3 is 2.81 bits per heavy atom. The number of nitrogens with zero attached hydrogens (tertiary/aromatic N) is 3. The lowest BCUT2D eigenvalue weighted by molar-refractivity contribution is 1.06. The summed E-state index contributed by atoms with van der Waals surface area (Å²) in [5.41, 5.74) is 5.64. The van der Waals surface area contributed by atoms with Gasteiger partial charge in [-0.25, -0.2) is 0 Å². The highest BCUT2D eigenvalue weighted by Gasteiger charge is 2.13. The van der Waals surface area contributed by atoms with Gasteiger partial charge in [-0.05, 0) is 49.8 Å². The largest absolute Gasteiger partial charge is 0.353 e. The van der Waals surface area contributed by atoms with Crippen molar-refractivity contribution in [3.05, 3.63) is 82.7 Å². The zero-order valence-corrected chi connectivity index (χ0v) is 18.1. The molecule has 0 bridgehead atoms. The molecule has 0 spiro atoms. The van der Waals surface area contributed by atoms with Crippen molar-refractivity contribution in [2.45, 2.75) is 13.8 Å². The van der Waals surface area contributed by atoms with Gasteiger partial charge in [0.2, 0.25) is 0 Å². The molecule has 0 saturated heterocycles. The first kappa shape index (κ1) is 19.2. The van der Waals surface area contributed by atoms with Crippen LogP contribution in [-0.2, 0) is 0 Å². The Labute approximate surface area is 183 Å². The molecule has 1 aromatic carbocycles. The zero-order valence-electron chi connectivity index (χ0n) is 17.3. The van der Waals surface area contributed by atoms with Crippen molar-refractivity contribution in [1.29, 1.82) is 0 Å². The molecule has 0 fully saturated rings. The van der Waals surface area contributed by atoms with Crippen molar-refractivity contribution >= 4 is 40.0 Å². The number of aromatic nitrogens is 5. The van der Waals surface area contributed by atoms with Gasteiger partial charge in [-0.15, -0.1) is 11.3 Å². The Morgan fingerprint density at radius 1 is 1.16 bits per heavy atom. The third kappa shape index (κ3) is 3.51. The van der Waals surface area contributed by atoms with E-state index in [-0.39, 0.29) is 0 Å². The number of hydrogen-bond acceptors (Lipinski definition) is 4. The lowest BCUT2D eigenvalue weighted by Crippen LogP contribution is -2.23. The van der Waals surface area contributed by atoms with Gasteiger partial charge in [0.05, 0.1) is 22.9 Å². The second-order valence-corrected chi connectivity index (χ2v) is 8.60. The highest BCUT2D eigenvalue weighted by atomic mass is 32.1. The average molecular weight is 424 g/mol. The molecule has 31 heavy (non-hydrogen) atoms. The molecule has 2 N–H and O–H groups in total. The summed E-state index contributed by atoms with van der Waals surface area (Å²) in [5, 5.41) is 10.8. The Morgan fingerprint density at radius 2 is 2.06 bits per heavy atom. The summed E-state index contributed by atoms with van der Waals surface area (Å²) in [7, 11) is 0. The van der Waals surface area contributed by atoms with Gasteiger partial charge in [0.25, 0.3) is 0 Å². The Bertz CT molecular complexity index is 1520. The fourth-order valence-electron chi connectivity index (χ4n) is 3.73. The van der Waals surface area contributed by atoms with Gasteiger partial charge in [-0.1, -0.05) is 24.8 Å². The van der Waals surface area contributed by atoms with Crippen LogP contribution in [0.1, 0.15) is 17.5 Å². The van der Waals surface area contributed by atoms with Crippen LogP contribution in [0.4, 0.5) is 0 Å². The van der Waals surface area contributed by atoms with Crippen molar-refractivity contribution in [3.8, 4) is 21.8 Å². The molecule has 5 aromatic rings. The molecule has 4 heterocycles. The molecule has 152 valence electrons. The van der Waals surface area contributed by atoms with Gasteiger partial charge in [-0.3, -0.25) is 15.1 Å². The quantitative estimate of drug-likeness (QED) is 0.441. The average Bonchev–Trinajstić information content (AvgIpc) is 3.51. The highest BCUT2D eigenvalue weighted by Crippen LogP contribution is 2.35. The first-order valence-electron chi connectivity index (χ1n) is 10.0. The van der Waals surface area contributed by atoms with Crippen LogP contribution in [0.3, 0.4) is 0 Å². The molecule has 0 atom stereocenters. The summed E-state index contributed by atoms with van der Waals surface area (Å²) in [4.78, 5) is 14.6. The third-order valence-corrected chi connectivity index (χ3v) is 6.29. The van der Waals surface area contributed by atoms with Crippen molar-refractivity contribution in [2.75, 3.05) is 0 Å². The minimum absolute atomic E-state index is 0.740. The number of thiophene rings is 1. The number of hydrogen-bond donors (Lipinski definition) is 2. The van der Waals surface area contributed by atoms with Crippen LogP contribution < -0.4 is 10.6 Å². The molecule has 0 aliphatic rings. The van der Waals surface area contributed by atoms with Gasteiger partial charge in [0.15, 0.2) is 0 Å². The van der Waals surface area contributed by atoms with E-state index in [0.29, 0.717) is 0 Å². The zero-order chi connectivity index (χ0) is 21.4. The second-order valence-electron chi connectivity index (χ2n) is 7.31. The molecule has 0 radical (unpaired) electrons. The maximum atomic E-state index is 4.61. The van der Waals surface area contributed by atoms with Crippen LogP contribution in [0.15, 0.2) is 61.6 Å².